The Morgan fingerprint density at radius 3 is 2.86 bits per heavy atom. The van der Waals surface area contributed by atoms with Crippen LogP contribution in [0.15, 0.2) is 42.5 Å². The van der Waals surface area contributed by atoms with Crippen molar-refractivity contribution in [1.29, 1.82) is 0 Å². The van der Waals surface area contributed by atoms with E-state index in [-0.39, 0.29) is 17.9 Å². The van der Waals surface area contributed by atoms with Crippen LogP contribution in [0.2, 0.25) is 0 Å². The van der Waals surface area contributed by atoms with Gasteiger partial charge < -0.3 is 14.8 Å². The van der Waals surface area contributed by atoms with E-state index in [9.17, 15) is 4.39 Å². The van der Waals surface area contributed by atoms with Crippen molar-refractivity contribution in [2.24, 2.45) is 0 Å². The van der Waals surface area contributed by atoms with Gasteiger partial charge >= 0.3 is 0 Å². The Hall–Kier alpha value is -2.07. The lowest BCUT2D eigenvalue weighted by molar-refractivity contribution is 0.297. The van der Waals surface area contributed by atoms with E-state index in [0.29, 0.717) is 17.9 Å². The summed E-state index contributed by atoms with van der Waals surface area (Å²) >= 11 is 0. The van der Waals surface area contributed by atoms with Crippen molar-refractivity contribution >= 4 is 0 Å². The van der Waals surface area contributed by atoms with Crippen LogP contribution >= 0.6 is 0 Å². The van der Waals surface area contributed by atoms with Crippen molar-refractivity contribution in [3.05, 3.63) is 59.4 Å². The van der Waals surface area contributed by atoms with Crippen LogP contribution in [-0.4, -0.2) is 13.7 Å². The van der Waals surface area contributed by atoms with Crippen molar-refractivity contribution in [3.63, 3.8) is 0 Å². The summed E-state index contributed by atoms with van der Waals surface area (Å²) in [6, 6.07) is 12.7. The summed E-state index contributed by atoms with van der Waals surface area (Å²) in [5.41, 5.74) is 1.66. The summed E-state index contributed by atoms with van der Waals surface area (Å²) in [5, 5.41) is 3.42. The summed E-state index contributed by atoms with van der Waals surface area (Å²) in [6.45, 7) is 2.49. The van der Waals surface area contributed by atoms with E-state index in [1.54, 1.807) is 19.2 Å². The predicted octanol–water partition coefficient (Wildman–Crippen LogP) is 3.62. The van der Waals surface area contributed by atoms with Crippen LogP contribution in [0.3, 0.4) is 0 Å². The van der Waals surface area contributed by atoms with Gasteiger partial charge in [-0.15, -0.1) is 0 Å². The second-order valence-electron chi connectivity index (χ2n) is 5.15. The minimum Gasteiger partial charge on any atom is -0.496 e. The van der Waals surface area contributed by atoms with E-state index < -0.39 is 0 Å². The average Bonchev–Trinajstić information content (AvgIpc) is 2.90. The number of hydrogen-bond acceptors (Lipinski definition) is 3. The van der Waals surface area contributed by atoms with Gasteiger partial charge in [0.25, 0.3) is 0 Å². The first kappa shape index (κ1) is 13.9. The Morgan fingerprint density at radius 1 is 1.24 bits per heavy atom. The molecule has 1 heterocycles. The first-order valence-corrected chi connectivity index (χ1v) is 7.01. The quantitative estimate of drug-likeness (QED) is 0.931. The molecular weight excluding hydrogens is 269 g/mol. The highest BCUT2D eigenvalue weighted by molar-refractivity contribution is 5.41. The molecule has 110 valence electrons. The number of ether oxygens (including phenoxy) is 2. The van der Waals surface area contributed by atoms with Gasteiger partial charge in [0.1, 0.15) is 23.9 Å². The van der Waals surface area contributed by atoms with Crippen LogP contribution in [0.1, 0.15) is 30.1 Å². The molecule has 0 aromatic heterocycles. The maximum atomic E-state index is 14.1. The maximum Gasteiger partial charge on any atom is 0.131 e. The maximum absolute atomic E-state index is 14.1. The topological polar surface area (TPSA) is 30.5 Å². The van der Waals surface area contributed by atoms with E-state index >= 15 is 0 Å². The number of hydrogen-bond donors (Lipinski definition) is 1. The van der Waals surface area contributed by atoms with Crippen LogP contribution in [0.5, 0.6) is 11.5 Å². The molecule has 2 aromatic carbocycles. The second kappa shape index (κ2) is 5.74. The van der Waals surface area contributed by atoms with Gasteiger partial charge in [-0.2, -0.15) is 0 Å². The molecule has 0 saturated carbocycles. The van der Waals surface area contributed by atoms with Crippen molar-refractivity contribution in [2.45, 2.75) is 19.0 Å². The molecule has 4 heteroatoms. The Kier molecular flexibility index (Phi) is 3.80. The molecule has 3 nitrogen and oxygen atoms in total. The van der Waals surface area contributed by atoms with E-state index in [4.69, 9.17) is 9.47 Å². The molecule has 1 aliphatic heterocycles. The third-order valence-electron chi connectivity index (χ3n) is 3.82. The lowest BCUT2D eigenvalue weighted by atomic mass is 10.0. The summed E-state index contributed by atoms with van der Waals surface area (Å²) in [4.78, 5) is 0. The van der Waals surface area contributed by atoms with Gasteiger partial charge in [0.15, 0.2) is 0 Å². The third-order valence-corrected chi connectivity index (χ3v) is 3.82. The molecule has 21 heavy (non-hydrogen) atoms. The van der Waals surface area contributed by atoms with Gasteiger partial charge in [0, 0.05) is 17.2 Å². The molecule has 2 unspecified atom stereocenters. The molecule has 0 spiro atoms. The molecule has 0 bridgehead atoms. The Morgan fingerprint density at radius 2 is 2.05 bits per heavy atom. The first-order chi connectivity index (χ1) is 10.2. The molecule has 0 amide bonds. The van der Waals surface area contributed by atoms with Gasteiger partial charge in [-0.1, -0.05) is 24.3 Å². The summed E-state index contributed by atoms with van der Waals surface area (Å²) in [6.07, 6.45) is 0. The van der Waals surface area contributed by atoms with E-state index in [0.717, 1.165) is 11.3 Å². The van der Waals surface area contributed by atoms with E-state index in [1.807, 2.05) is 31.2 Å². The predicted molar refractivity (Wildman–Crippen MR) is 79.2 cm³/mol. The lowest BCUT2D eigenvalue weighted by Gasteiger charge is -2.21. The van der Waals surface area contributed by atoms with Gasteiger partial charge in [0.05, 0.1) is 13.2 Å². The number of benzene rings is 2. The molecule has 3 rings (SSSR count). The number of rotatable bonds is 4. The van der Waals surface area contributed by atoms with Crippen LogP contribution in [0.4, 0.5) is 4.39 Å². The third kappa shape index (κ3) is 2.59. The number of halogens is 1. The smallest absolute Gasteiger partial charge is 0.131 e. The molecule has 2 aromatic rings. The minimum atomic E-state index is -0.262. The molecule has 0 saturated heterocycles. The Labute approximate surface area is 123 Å². The second-order valence-corrected chi connectivity index (χ2v) is 5.15. The normalized spacial score (nSPS) is 18.0. The van der Waals surface area contributed by atoms with Crippen LogP contribution in [-0.2, 0) is 0 Å². The van der Waals surface area contributed by atoms with Crippen molar-refractivity contribution < 1.29 is 13.9 Å². The van der Waals surface area contributed by atoms with Crippen LogP contribution in [0.25, 0.3) is 0 Å². The van der Waals surface area contributed by atoms with Gasteiger partial charge in [0.2, 0.25) is 0 Å². The summed E-state index contributed by atoms with van der Waals surface area (Å²) in [7, 11) is 1.55. The largest absolute Gasteiger partial charge is 0.496 e. The molecular formula is C17H18FNO2. The molecule has 1 aliphatic rings. The first-order valence-electron chi connectivity index (χ1n) is 7.01. The average molecular weight is 287 g/mol. The van der Waals surface area contributed by atoms with Crippen molar-refractivity contribution in [3.8, 4) is 11.5 Å². The Bertz CT molecular complexity index is 644. The molecule has 0 fully saturated rings. The molecule has 0 aliphatic carbocycles. The summed E-state index contributed by atoms with van der Waals surface area (Å²) in [5.74, 6) is 1.19. The van der Waals surface area contributed by atoms with Crippen molar-refractivity contribution in [1.82, 2.24) is 5.32 Å². The highest BCUT2D eigenvalue weighted by Gasteiger charge is 2.27. The molecule has 2 atom stereocenters. The van der Waals surface area contributed by atoms with Gasteiger partial charge in [-0.25, -0.2) is 4.39 Å². The number of methoxy groups -OCH3 is 1. The van der Waals surface area contributed by atoms with E-state index in [2.05, 4.69) is 5.32 Å². The zero-order valence-electron chi connectivity index (χ0n) is 12.1. The Balaban J connectivity index is 1.84. The van der Waals surface area contributed by atoms with E-state index in [1.165, 1.54) is 6.07 Å². The number of nitrogens with one attached hydrogen (secondary N) is 1. The highest BCUT2D eigenvalue weighted by Crippen LogP contribution is 2.35. The van der Waals surface area contributed by atoms with Crippen LogP contribution in [0, 0.1) is 5.82 Å². The lowest BCUT2D eigenvalue weighted by Crippen LogP contribution is -2.26. The standard InChI is InChI=1S/C17H18FNO2/c1-11(17-13(18)7-5-9-16(17)20-2)19-14-10-21-15-8-4-3-6-12(14)15/h3-9,11,14,19H,10H2,1-2H3. The zero-order valence-corrected chi connectivity index (χ0v) is 12.1. The monoisotopic (exact) mass is 287 g/mol. The SMILES string of the molecule is COc1cccc(F)c1C(C)NC1COc2ccccc21. The van der Waals surface area contributed by atoms with Gasteiger partial charge in [-0.3, -0.25) is 0 Å². The highest BCUT2D eigenvalue weighted by atomic mass is 19.1. The fourth-order valence-electron chi connectivity index (χ4n) is 2.80. The fraction of sp³-hybridized carbons (Fsp3) is 0.294. The summed E-state index contributed by atoms with van der Waals surface area (Å²) < 4.78 is 25.0. The number of para-hydroxylation sites is 1. The fourth-order valence-corrected chi connectivity index (χ4v) is 2.80. The zero-order chi connectivity index (χ0) is 14.8. The minimum absolute atomic E-state index is 0.0560. The van der Waals surface area contributed by atoms with Crippen molar-refractivity contribution in [2.75, 3.05) is 13.7 Å². The molecule has 0 radical (unpaired) electrons. The van der Waals surface area contributed by atoms with Gasteiger partial charge in [-0.05, 0) is 25.1 Å². The number of fused-ring (bicyclic) bond motifs is 1. The molecule has 1 N–H and O–H groups in total. The van der Waals surface area contributed by atoms with Crippen LogP contribution < -0.4 is 14.8 Å².